The first-order valence-electron chi connectivity index (χ1n) is 6.48. The quantitative estimate of drug-likeness (QED) is 0.752. The number of ether oxygens (including phenoxy) is 1. The molecule has 5 nitrogen and oxygen atoms in total. The van der Waals surface area contributed by atoms with Crippen LogP contribution in [0.3, 0.4) is 0 Å². The molecule has 0 bridgehead atoms. The average molecular weight is 299 g/mol. The highest BCUT2D eigenvalue weighted by molar-refractivity contribution is 7.21. The Morgan fingerprint density at radius 3 is 2.86 bits per heavy atom. The summed E-state index contributed by atoms with van der Waals surface area (Å²) in [4.78, 5) is 21.8. The third kappa shape index (κ3) is 2.45. The van der Waals surface area contributed by atoms with Gasteiger partial charge < -0.3 is 10.5 Å². The molecule has 3 aromatic rings. The molecule has 0 atom stereocenters. The second-order valence-corrected chi connectivity index (χ2v) is 5.33. The fourth-order valence-corrected chi connectivity index (χ4v) is 2.99. The van der Waals surface area contributed by atoms with Crippen LogP contribution in [-0.4, -0.2) is 22.5 Å². The maximum atomic E-state index is 11.9. The number of rotatable bonds is 3. The van der Waals surface area contributed by atoms with Crippen LogP contribution < -0.4 is 5.73 Å². The molecule has 0 saturated heterocycles. The van der Waals surface area contributed by atoms with E-state index in [2.05, 4.69) is 9.97 Å². The first-order chi connectivity index (χ1) is 10.2. The van der Waals surface area contributed by atoms with Gasteiger partial charge in [0.1, 0.15) is 9.71 Å². The number of thiophene rings is 1. The highest BCUT2D eigenvalue weighted by Crippen LogP contribution is 2.34. The fraction of sp³-hybridized carbons (Fsp3) is 0.133. The molecule has 106 valence electrons. The summed E-state index contributed by atoms with van der Waals surface area (Å²) in [5.41, 5.74) is 7.97. The van der Waals surface area contributed by atoms with Crippen LogP contribution in [-0.2, 0) is 4.74 Å². The lowest BCUT2D eigenvalue weighted by atomic mass is 10.2. The van der Waals surface area contributed by atoms with E-state index in [9.17, 15) is 4.79 Å². The van der Waals surface area contributed by atoms with Crippen LogP contribution in [0.25, 0.3) is 21.6 Å². The summed E-state index contributed by atoms with van der Waals surface area (Å²) in [6, 6.07) is 9.35. The summed E-state index contributed by atoms with van der Waals surface area (Å²) in [6.45, 7) is 2.08. The van der Waals surface area contributed by atoms with Gasteiger partial charge in [-0.2, -0.15) is 0 Å². The molecule has 0 fully saturated rings. The van der Waals surface area contributed by atoms with Crippen molar-refractivity contribution in [3.8, 4) is 11.4 Å². The van der Waals surface area contributed by atoms with Crippen LogP contribution in [0.15, 0.2) is 36.5 Å². The molecule has 21 heavy (non-hydrogen) atoms. The van der Waals surface area contributed by atoms with Gasteiger partial charge >= 0.3 is 5.97 Å². The van der Waals surface area contributed by atoms with Crippen LogP contribution in [0, 0.1) is 0 Å². The molecular formula is C15H13N3O2S. The molecule has 3 rings (SSSR count). The molecule has 3 heterocycles. The molecule has 0 spiro atoms. The molecule has 0 aliphatic rings. The Balaban J connectivity index is 2.09. The van der Waals surface area contributed by atoms with Crippen LogP contribution in [0.4, 0.5) is 5.69 Å². The van der Waals surface area contributed by atoms with Crippen LogP contribution in [0.2, 0.25) is 0 Å². The summed E-state index contributed by atoms with van der Waals surface area (Å²) in [5.74, 6) is -0.405. The summed E-state index contributed by atoms with van der Waals surface area (Å²) < 4.78 is 5.00. The number of nitrogens with two attached hydrogens (primary N) is 1. The van der Waals surface area contributed by atoms with E-state index in [1.165, 1.54) is 11.3 Å². The number of hydrogen-bond donors (Lipinski definition) is 1. The van der Waals surface area contributed by atoms with E-state index in [1.807, 2.05) is 30.3 Å². The Kier molecular flexibility index (Phi) is 3.53. The molecule has 0 amide bonds. The van der Waals surface area contributed by atoms with Gasteiger partial charge in [0.05, 0.1) is 23.7 Å². The fourth-order valence-electron chi connectivity index (χ4n) is 2.00. The molecular weight excluding hydrogens is 286 g/mol. The number of nitrogen functional groups attached to an aromatic ring is 1. The minimum atomic E-state index is -0.405. The van der Waals surface area contributed by atoms with Gasteiger partial charge in [-0.25, -0.2) is 9.78 Å². The third-order valence-corrected chi connectivity index (χ3v) is 4.08. The van der Waals surface area contributed by atoms with E-state index < -0.39 is 5.97 Å². The Labute approximate surface area is 125 Å². The van der Waals surface area contributed by atoms with Gasteiger partial charge in [-0.15, -0.1) is 11.3 Å². The lowest BCUT2D eigenvalue weighted by Gasteiger charge is -1.99. The van der Waals surface area contributed by atoms with E-state index in [0.717, 1.165) is 16.8 Å². The van der Waals surface area contributed by atoms with Crippen molar-refractivity contribution >= 4 is 33.2 Å². The lowest BCUT2D eigenvalue weighted by molar-refractivity contribution is 0.0533. The van der Waals surface area contributed by atoms with E-state index in [4.69, 9.17) is 10.5 Å². The van der Waals surface area contributed by atoms with Gasteiger partial charge in [0.15, 0.2) is 0 Å². The minimum Gasteiger partial charge on any atom is -0.462 e. The van der Waals surface area contributed by atoms with E-state index in [0.29, 0.717) is 22.0 Å². The zero-order valence-corrected chi connectivity index (χ0v) is 12.2. The minimum absolute atomic E-state index is 0.319. The molecule has 0 saturated carbocycles. The maximum absolute atomic E-state index is 11.9. The van der Waals surface area contributed by atoms with Gasteiger partial charge in [0.2, 0.25) is 0 Å². The molecule has 6 heteroatoms. The maximum Gasteiger partial charge on any atom is 0.350 e. The zero-order chi connectivity index (χ0) is 14.8. The predicted octanol–water partition coefficient (Wildman–Crippen LogP) is 3.12. The summed E-state index contributed by atoms with van der Waals surface area (Å²) in [7, 11) is 0. The van der Waals surface area contributed by atoms with Crippen LogP contribution >= 0.6 is 11.3 Å². The van der Waals surface area contributed by atoms with Gasteiger partial charge in [0.25, 0.3) is 0 Å². The molecule has 2 N–H and O–H groups in total. The van der Waals surface area contributed by atoms with Gasteiger partial charge in [-0.1, -0.05) is 6.07 Å². The van der Waals surface area contributed by atoms with Crippen molar-refractivity contribution in [3.05, 3.63) is 41.4 Å². The highest BCUT2D eigenvalue weighted by atomic mass is 32.1. The molecule has 0 aromatic carbocycles. The number of hydrogen-bond acceptors (Lipinski definition) is 6. The molecule has 0 aliphatic heterocycles. The van der Waals surface area contributed by atoms with Crippen molar-refractivity contribution < 1.29 is 9.53 Å². The van der Waals surface area contributed by atoms with E-state index in [-0.39, 0.29) is 0 Å². The number of nitrogens with zero attached hydrogens (tertiary/aromatic N) is 2. The second kappa shape index (κ2) is 5.49. The van der Waals surface area contributed by atoms with Crippen LogP contribution in [0.1, 0.15) is 16.6 Å². The largest absolute Gasteiger partial charge is 0.462 e. The SMILES string of the molecule is CCOC(=O)c1sc2nc(-c3ccccn3)ccc2c1N. The Morgan fingerprint density at radius 1 is 1.29 bits per heavy atom. The number of carbonyl (C=O) groups is 1. The van der Waals surface area contributed by atoms with Gasteiger partial charge in [0, 0.05) is 11.6 Å². The van der Waals surface area contributed by atoms with Crippen LogP contribution in [0.5, 0.6) is 0 Å². The second-order valence-electron chi connectivity index (χ2n) is 4.33. The van der Waals surface area contributed by atoms with Crippen molar-refractivity contribution in [3.63, 3.8) is 0 Å². The summed E-state index contributed by atoms with van der Waals surface area (Å²) in [5, 5.41) is 0.766. The number of carbonyl (C=O) groups excluding carboxylic acids is 1. The van der Waals surface area contributed by atoms with Gasteiger partial charge in [-0.3, -0.25) is 4.98 Å². The number of anilines is 1. The van der Waals surface area contributed by atoms with Crippen molar-refractivity contribution in [1.82, 2.24) is 9.97 Å². The Bertz CT molecular complexity index is 799. The normalized spacial score (nSPS) is 10.7. The average Bonchev–Trinajstić information content (AvgIpc) is 2.85. The molecule has 0 aliphatic carbocycles. The summed E-state index contributed by atoms with van der Waals surface area (Å²) >= 11 is 1.24. The number of aromatic nitrogens is 2. The first kappa shape index (κ1) is 13.5. The van der Waals surface area contributed by atoms with Crippen molar-refractivity contribution in [2.45, 2.75) is 6.92 Å². The van der Waals surface area contributed by atoms with Crippen molar-refractivity contribution in [1.29, 1.82) is 0 Å². The standard InChI is InChI=1S/C15H13N3O2S/c1-2-20-15(19)13-12(16)9-6-7-11(18-14(9)21-13)10-5-3-4-8-17-10/h3-8H,2,16H2,1H3. The first-order valence-corrected chi connectivity index (χ1v) is 7.30. The van der Waals surface area contributed by atoms with E-state index >= 15 is 0 Å². The van der Waals surface area contributed by atoms with Gasteiger partial charge in [-0.05, 0) is 31.2 Å². The highest BCUT2D eigenvalue weighted by Gasteiger charge is 2.18. The molecule has 3 aromatic heterocycles. The van der Waals surface area contributed by atoms with Crippen molar-refractivity contribution in [2.24, 2.45) is 0 Å². The Morgan fingerprint density at radius 2 is 2.14 bits per heavy atom. The smallest absolute Gasteiger partial charge is 0.350 e. The number of esters is 1. The lowest BCUT2D eigenvalue weighted by Crippen LogP contribution is -2.04. The Hall–Kier alpha value is -2.47. The zero-order valence-electron chi connectivity index (χ0n) is 11.4. The number of fused-ring (bicyclic) bond motifs is 1. The van der Waals surface area contributed by atoms with Crippen molar-refractivity contribution in [2.75, 3.05) is 12.3 Å². The molecule has 0 radical (unpaired) electrons. The predicted molar refractivity (Wildman–Crippen MR) is 83.2 cm³/mol. The number of pyridine rings is 2. The third-order valence-electron chi connectivity index (χ3n) is 2.98. The van der Waals surface area contributed by atoms with E-state index in [1.54, 1.807) is 13.1 Å². The topological polar surface area (TPSA) is 78.1 Å². The monoisotopic (exact) mass is 299 g/mol. The summed E-state index contributed by atoms with van der Waals surface area (Å²) in [6.07, 6.45) is 1.72. The molecule has 0 unspecified atom stereocenters.